The lowest BCUT2D eigenvalue weighted by Crippen LogP contribution is -2.38. The van der Waals surface area contributed by atoms with Gasteiger partial charge in [0.05, 0.1) is 6.61 Å². The summed E-state index contributed by atoms with van der Waals surface area (Å²) in [5.74, 6) is 0. The van der Waals surface area contributed by atoms with Crippen LogP contribution in [-0.4, -0.2) is 14.9 Å². The van der Waals surface area contributed by atoms with Gasteiger partial charge in [-0.3, -0.25) is 0 Å². The van der Waals surface area contributed by atoms with Gasteiger partial charge in [-0.05, 0) is 32.0 Å². The van der Waals surface area contributed by atoms with Crippen LogP contribution in [0.15, 0.2) is 11.6 Å². The molecule has 1 nitrogen and oxygen atoms in total. The normalized spacial score (nSPS) is 11.6. The first kappa shape index (κ1) is 18.9. The summed E-state index contributed by atoms with van der Waals surface area (Å²) in [6.07, 6.45) is 10.2. The molecule has 0 aliphatic heterocycles. The Morgan fingerprint density at radius 1 is 0.842 bits per heavy atom. The number of hydrogen-bond acceptors (Lipinski definition) is 1. The predicted molar refractivity (Wildman–Crippen MR) is 90.3 cm³/mol. The largest absolute Gasteiger partial charge is 0.413 e. The van der Waals surface area contributed by atoms with Crippen molar-refractivity contribution in [3.63, 3.8) is 0 Å². The molecule has 0 N–H and O–H groups in total. The van der Waals surface area contributed by atoms with Crippen LogP contribution < -0.4 is 0 Å². The third kappa shape index (κ3) is 9.45. The van der Waals surface area contributed by atoms with Crippen LogP contribution >= 0.6 is 0 Å². The van der Waals surface area contributed by atoms with Crippen LogP contribution in [-0.2, 0) is 4.43 Å². The van der Waals surface area contributed by atoms with Gasteiger partial charge in [0.15, 0.2) is 8.32 Å². The summed E-state index contributed by atoms with van der Waals surface area (Å²) in [4.78, 5) is 0. The summed E-state index contributed by atoms with van der Waals surface area (Å²) < 4.78 is 6.51. The second-order valence-corrected chi connectivity index (χ2v) is 10.2. The molecule has 0 unspecified atom stereocenters. The first-order valence-electron chi connectivity index (χ1n) is 8.37. The van der Waals surface area contributed by atoms with E-state index in [4.69, 9.17) is 4.43 Å². The quantitative estimate of drug-likeness (QED) is 0.301. The number of hydrogen-bond donors (Lipinski definition) is 0. The van der Waals surface area contributed by atoms with E-state index in [-0.39, 0.29) is 0 Å². The number of unbranched alkanes of at least 4 members (excludes halogenated alkanes) is 3. The molecule has 0 aliphatic rings. The molecule has 114 valence electrons. The summed E-state index contributed by atoms with van der Waals surface area (Å²) in [5, 5.41) is 0. The Morgan fingerprint density at radius 3 is 1.58 bits per heavy atom. The lowest BCUT2D eigenvalue weighted by atomic mass is 10.3. The Morgan fingerprint density at radius 2 is 1.26 bits per heavy atom. The monoisotopic (exact) mass is 284 g/mol. The standard InChI is InChI=1S/C17H36OSi/c1-6-9-14-19(15-10-7-2,16-11-8-3)18-13-12-17(4)5/h12H,6-11,13-16H2,1-5H3. The fourth-order valence-corrected chi connectivity index (χ4v) is 7.09. The SMILES string of the molecule is CCCC[Si](CCCC)(CCCC)OCC=C(C)C. The summed E-state index contributed by atoms with van der Waals surface area (Å²) in [6, 6.07) is 4.13. The molecule has 0 aromatic rings. The van der Waals surface area contributed by atoms with E-state index in [1.54, 1.807) is 0 Å². The molecule has 0 spiro atoms. The van der Waals surface area contributed by atoms with Gasteiger partial charge in [-0.1, -0.05) is 70.9 Å². The maximum atomic E-state index is 6.51. The zero-order chi connectivity index (χ0) is 14.6. The average molecular weight is 285 g/mol. The Bertz CT molecular complexity index is 210. The van der Waals surface area contributed by atoms with Crippen LogP contribution in [0, 0.1) is 0 Å². The molecule has 19 heavy (non-hydrogen) atoms. The number of allylic oxidation sites excluding steroid dienone is 1. The molecule has 0 radical (unpaired) electrons. The molecule has 0 bridgehead atoms. The maximum absolute atomic E-state index is 6.51. The smallest absolute Gasteiger partial charge is 0.193 e. The van der Waals surface area contributed by atoms with Crippen LogP contribution in [0.25, 0.3) is 0 Å². The molecule has 0 saturated heterocycles. The molecule has 0 aromatic heterocycles. The molecular formula is C17H36OSi. The predicted octanol–water partition coefficient (Wildman–Crippen LogP) is 6.32. The number of rotatable bonds is 12. The highest BCUT2D eigenvalue weighted by molar-refractivity contribution is 6.73. The molecule has 0 amide bonds. The fourth-order valence-electron chi connectivity index (χ4n) is 2.47. The minimum atomic E-state index is -1.47. The average Bonchev–Trinajstić information content (AvgIpc) is 2.39. The third-order valence-corrected chi connectivity index (χ3v) is 8.41. The van der Waals surface area contributed by atoms with Crippen molar-refractivity contribution < 1.29 is 4.43 Å². The zero-order valence-corrected chi connectivity index (χ0v) is 15.1. The Hall–Kier alpha value is -0.0831. The topological polar surface area (TPSA) is 9.23 Å². The van der Waals surface area contributed by atoms with Crippen molar-refractivity contribution in [2.24, 2.45) is 0 Å². The van der Waals surface area contributed by atoms with E-state index in [1.165, 1.54) is 62.2 Å². The van der Waals surface area contributed by atoms with Gasteiger partial charge in [0.2, 0.25) is 0 Å². The molecule has 0 aromatic carbocycles. The van der Waals surface area contributed by atoms with Crippen LogP contribution in [0.2, 0.25) is 18.1 Å². The van der Waals surface area contributed by atoms with Crippen LogP contribution in [0.5, 0.6) is 0 Å². The zero-order valence-electron chi connectivity index (χ0n) is 14.1. The molecule has 0 aliphatic carbocycles. The van der Waals surface area contributed by atoms with Crippen LogP contribution in [0.1, 0.15) is 73.1 Å². The van der Waals surface area contributed by atoms with Gasteiger partial charge in [-0.2, -0.15) is 0 Å². The fraction of sp³-hybridized carbons (Fsp3) is 0.882. The van der Waals surface area contributed by atoms with E-state index in [0.717, 1.165) is 6.61 Å². The summed E-state index contributed by atoms with van der Waals surface area (Å²) >= 11 is 0. The molecule has 2 heteroatoms. The van der Waals surface area contributed by atoms with E-state index in [1.807, 2.05) is 0 Å². The van der Waals surface area contributed by atoms with Crippen molar-refractivity contribution in [3.8, 4) is 0 Å². The highest BCUT2D eigenvalue weighted by atomic mass is 28.4. The third-order valence-electron chi connectivity index (χ3n) is 3.84. The summed E-state index contributed by atoms with van der Waals surface area (Å²) in [6.45, 7) is 12.1. The van der Waals surface area contributed by atoms with E-state index in [0.29, 0.717) is 0 Å². The lowest BCUT2D eigenvalue weighted by Gasteiger charge is -2.31. The molecule has 0 rings (SSSR count). The second-order valence-electron chi connectivity index (χ2n) is 6.09. The lowest BCUT2D eigenvalue weighted by molar-refractivity contribution is 0.334. The maximum Gasteiger partial charge on any atom is 0.193 e. The van der Waals surface area contributed by atoms with Gasteiger partial charge in [-0.25, -0.2) is 0 Å². The van der Waals surface area contributed by atoms with Gasteiger partial charge in [0, 0.05) is 0 Å². The molecule has 0 heterocycles. The van der Waals surface area contributed by atoms with Crippen LogP contribution in [0.4, 0.5) is 0 Å². The molecule has 0 atom stereocenters. The van der Waals surface area contributed by atoms with Gasteiger partial charge >= 0.3 is 0 Å². The Kier molecular flexibility index (Phi) is 11.7. The van der Waals surface area contributed by atoms with Crippen molar-refractivity contribution in [2.45, 2.75) is 91.3 Å². The highest BCUT2D eigenvalue weighted by Crippen LogP contribution is 2.29. The van der Waals surface area contributed by atoms with E-state index in [2.05, 4.69) is 40.7 Å². The minimum Gasteiger partial charge on any atom is -0.413 e. The summed E-state index contributed by atoms with van der Waals surface area (Å²) in [5.41, 5.74) is 1.38. The molecule has 0 fully saturated rings. The van der Waals surface area contributed by atoms with Crippen molar-refractivity contribution in [3.05, 3.63) is 11.6 Å². The van der Waals surface area contributed by atoms with E-state index >= 15 is 0 Å². The van der Waals surface area contributed by atoms with Crippen molar-refractivity contribution in [2.75, 3.05) is 6.61 Å². The first-order chi connectivity index (χ1) is 9.10. The van der Waals surface area contributed by atoms with Gasteiger partial charge in [0.25, 0.3) is 0 Å². The first-order valence-corrected chi connectivity index (χ1v) is 10.9. The van der Waals surface area contributed by atoms with Crippen molar-refractivity contribution in [1.29, 1.82) is 0 Å². The second kappa shape index (κ2) is 11.7. The van der Waals surface area contributed by atoms with E-state index < -0.39 is 8.32 Å². The Labute approximate surface area is 123 Å². The molecule has 0 saturated carbocycles. The summed E-state index contributed by atoms with van der Waals surface area (Å²) in [7, 11) is -1.47. The highest BCUT2D eigenvalue weighted by Gasteiger charge is 2.32. The van der Waals surface area contributed by atoms with Crippen molar-refractivity contribution >= 4 is 8.32 Å². The van der Waals surface area contributed by atoms with Crippen molar-refractivity contribution in [1.82, 2.24) is 0 Å². The van der Waals surface area contributed by atoms with Gasteiger partial charge < -0.3 is 4.43 Å². The molecular weight excluding hydrogens is 248 g/mol. The van der Waals surface area contributed by atoms with Gasteiger partial charge in [0.1, 0.15) is 0 Å². The van der Waals surface area contributed by atoms with E-state index in [9.17, 15) is 0 Å². The minimum absolute atomic E-state index is 0.853. The van der Waals surface area contributed by atoms with Crippen LogP contribution in [0.3, 0.4) is 0 Å². The van der Waals surface area contributed by atoms with Gasteiger partial charge in [-0.15, -0.1) is 0 Å². The Balaban J connectivity index is 4.60.